The molecule has 0 saturated carbocycles. The average molecular weight is 336 g/mol. The van der Waals surface area contributed by atoms with E-state index in [4.69, 9.17) is 5.11 Å². The van der Waals surface area contributed by atoms with Crippen molar-refractivity contribution in [1.29, 1.82) is 0 Å². The maximum atomic E-state index is 12.1. The largest absolute Gasteiger partial charge is 0.477 e. The Morgan fingerprint density at radius 1 is 1.43 bits per heavy atom. The zero-order chi connectivity index (χ0) is 16.0. The van der Waals surface area contributed by atoms with Crippen LogP contribution in [0.25, 0.3) is 0 Å². The summed E-state index contributed by atoms with van der Waals surface area (Å²) in [5.74, 6) is -0.466. The van der Waals surface area contributed by atoms with Gasteiger partial charge in [0.1, 0.15) is 10.6 Å². The summed E-state index contributed by atoms with van der Waals surface area (Å²) in [6.45, 7) is 4.12. The molecule has 1 aromatic rings. The highest BCUT2D eigenvalue weighted by atomic mass is 32.2. The van der Waals surface area contributed by atoms with Gasteiger partial charge in [0.2, 0.25) is 10.0 Å². The Balaban J connectivity index is 2.90. The van der Waals surface area contributed by atoms with Crippen molar-refractivity contribution in [3.8, 4) is 0 Å². The van der Waals surface area contributed by atoms with E-state index < -0.39 is 26.8 Å². The van der Waals surface area contributed by atoms with Crippen LogP contribution in [0.2, 0.25) is 0 Å². The second-order valence-corrected chi connectivity index (χ2v) is 8.02. The monoisotopic (exact) mass is 336 g/mol. The molecule has 2 N–H and O–H groups in total. The van der Waals surface area contributed by atoms with Gasteiger partial charge in [-0.2, -0.15) is 0 Å². The Labute approximate surface area is 126 Å². The van der Waals surface area contributed by atoms with Crippen LogP contribution in [0.1, 0.15) is 30.8 Å². The Morgan fingerprint density at radius 2 is 2.10 bits per heavy atom. The zero-order valence-electron chi connectivity index (χ0n) is 12.0. The highest BCUT2D eigenvalue weighted by Crippen LogP contribution is 2.15. The Hall–Kier alpha value is -1.19. The van der Waals surface area contributed by atoms with Crippen LogP contribution in [0.3, 0.4) is 0 Å². The first kappa shape index (κ1) is 17.9. The molecular weight excluding hydrogens is 316 g/mol. The van der Waals surface area contributed by atoms with Crippen LogP contribution in [-0.4, -0.2) is 46.3 Å². The molecule has 0 aromatic carbocycles. The quantitative estimate of drug-likeness (QED) is 0.688. The van der Waals surface area contributed by atoms with Crippen molar-refractivity contribution in [2.24, 2.45) is 0 Å². The summed E-state index contributed by atoms with van der Waals surface area (Å²) < 4.78 is 39.2. The number of nitrogens with one attached hydrogen (secondary N) is 1. The van der Waals surface area contributed by atoms with E-state index in [1.807, 2.05) is 6.92 Å². The van der Waals surface area contributed by atoms with Gasteiger partial charge < -0.3 is 9.67 Å². The summed E-state index contributed by atoms with van der Waals surface area (Å²) in [6, 6.07) is 1.14. The number of sulfonamides is 1. The van der Waals surface area contributed by atoms with Crippen LogP contribution in [0.15, 0.2) is 17.2 Å². The maximum Gasteiger partial charge on any atom is 0.352 e. The van der Waals surface area contributed by atoms with Crippen molar-refractivity contribution < 1.29 is 22.5 Å². The lowest BCUT2D eigenvalue weighted by atomic mass is 10.4. The molecule has 1 unspecified atom stereocenters. The fraction of sp³-hybridized carbons (Fsp3) is 0.583. The van der Waals surface area contributed by atoms with Crippen LogP contribution < -0.4 is 4.72 Å². The SMILES string of the molecule is CCCn1cc(S(=O)(=O)NCCS(=O)CC)cc1C(=O)O. The van der Waals surface area contributed by atoms with Crippen molar-refractivity contribution in [2.75, 3.05) is 18.1 Å². The number of carboxylic acids is 1. The average Bonchev–Trinajstić information content (AvgIpc) is 2.83. The predicted octanol–water partition coefficient (Wildman–Crippen LogP) is 0.643. The van der Waals surface area contributed by atoms with E-state index in [1.54, 1.807) is 6.92 Å². The van der Waals surface area contributed by atoms with Gasteiger partial charge in [0.25, 0.3) is 0 Å². The minimum absolute atomic E-state index is 0.0597. The van der Waals surface area contributed by atoms with Crippen molar-refractivity contribution in [3.05, 3.63) is 18.0 Å². The van der Waals surface area contributed by atoms with E-state index in [2.05, 4.69) is 4.72 Å². The maximum absolute atomic E-state index is 12.1. The van der Waals surface area contributed by atoms with Gasteiger partial charge in [-0.1, -0.05) is 13.8 Å². The standard InChI is InChI=1S/C12H20N2O5S2/c1-3-6-14-9-10(8-11(14)12(15)16)21(18,19)13-5-7-20(17)4-2/h8-9,13H,3-7H2,1-2H3,(H,15,16). The molecule has 7 nitrogen and oxygen atoms in total. The molecule has 1 rings (SSSR count). The third kappa shape index (κ3) is 4.94. The van der Waals surface area contributed by atoms with Gasteiger partial charge in [-0.15, -0.1) is 0 Å². The molecule has 0 aliphatic heterocycles. The minimum Gasteiger partial charge on any atom is -0.477 e. The van der Waals surface area contributed by atoms with E-state index in [-0.39, 0.29) is 22.9 Å². The number of nitrogens with zero attached hydrogens (tertiary/aromatic N) is 1. The molecule has 0 amide bonds. The van der Waals surface area contributed by atoms with E-state index in [0.29, 0.717) is 18.7 Å². The van der Waals surface area contributed by atoms with Gasteiger partial charge >= 0.3 is 5.97 Å². The molecule has 120 valence electrons. The minimum atomic E-state index is -3.79. The Bertz CT molecular complexity index is 622. The molecule has 1 atom stereocenters. The number of aryl methyl sites for hydroxylation is 1. The smallest absolute Gasteiger partial charge is 0.352 e. The molecule has 21 heavy (non-hydrogen) atoms. The Morgan fingerprint density at radius 3 is 2.62 bits per heavy atom. The summed E-state index contributed by atoms with van der Waals surface area (Å²) in [5.41, 5.74) is -0.0608. The number of carboxylic acid groups (broad SMARTS) is 1. The number of aromatic carboxylic acids is 1. The summed E-state index contributed by atoms with van der Waals surface area (Å²) in [7, 11) is -4.84. The first-order chi connectivity index (χ1) is 9.81. The highest BCUT2D eigenvalue weighted by Gasteiger charge is 2.20. The molecule has 0 saturated heterocycles. The lowest BCUT2D eigenvalue weighted by molar-refractivity contribution is 0.0685. The van der Waals surface area contributed by atoms with Crippen LogP contribution in [0, 0.1) is 0 Å². The molecule has 9 heteroatoms. The van der Waals surface area contributed by atoms with E-state index in [1.165, 1.54) is 10.8 Å². The second kappa shape index (κ2) is 7.71. The van der Waals surface area contributed by atoms with Gasteiger partial charge in [0.15, 0.2) is 0 Å². The van der Waals surface area contributed by atoms with Gasteiger partial charge in [-0.3, -0.25) is 4.21 Å². The predicted molar refractivity (Wildman–Crippen MR) is 80.4 cm³/mol. The van der Waals surface area contributed by atoms with E-state index in [0.717, 1.165) is 6.07 Å². The summed E-state index contributed by atoms with van der Waals surface area (Å²) in [6.07, 6.45) is 2.00. The lowest BCUT2D eigenvalue weighted by Gasteiger charge is -2.04. The zero-order valence-corrected chi connectivity index (χ0v) is 13.7. The first-order valence-electron chi connectivity index (χ1n) is 6.60. The van der Waals surface area contributed by atoms with Crippen LogP contribution >= 0.6 is 0 Å². The van der Waals surface area contributed by atoms with Gasteiger partial charge in [-0.25, -0.2) is 17.9 Å². The summed E-state index contributed by atoms with van der Waals surface area (Å²) in [5, 5.41) is 9.08. The van der Waals surface area contributed by atoms with E-state index >= 15 is 0 Å². The van der Waals surface area contributed by atoms with Crippen molar-refractivity contribution in [2.45, 2.75) is 31.7 Å². The van der Waals surface area contributed by atoms with Gasteiger partial charge in [0.05, 0.1) is 0 Å². The molecule has 1 aromatic heterocycles. The third-order valence-corrected chi connectivity index (χ3v) is 5.54. The molecule has 1 heterocycles. The normalized spacial score (nSPS) is 13.2. The van der Waals surface area contributed by atoms with Gasteiger partial charge in [0, 0.05) is 41.6 Å². The molecule has 0 spiro atoms. The third-order valence-electron chi connectivity index (χ3n) is 2.81. The fourth-order valence-corrected chi connectivity index (χ4v) is 3.57. The van der Waals surface area contributed by atoms with Crippen LogP contribution in [0.4, 0.5) is 0 Å². The van der Waals surface area contributed by atoms with Crippen LogP contribution in [-0.2, 0) is 27.4 Å². The number of hydrogen-bond donors (Lipinski definition) is 2. The lowest BCUT2D eigenvalue weighted by Crippen LogP contribution is -2.28. The highest BCUT2D eigenvalue weighted by molar-refractivity contribution is 7.89. The Kier molecular flexibility index (Phi) is 6.56. The molecule has 0 aliphatic carbocycles. The number of aromatic nitrogens is 1. The van der Waals surface area contributed by atoms with Crippen molar-refractivity contribution >= 4 is 26.8 Å². The summed E-state index contributed by atoms with van der Waals surface area (Å²) in [4.78, 5) is 11.0. The van der Waals surface area contributed by atoms with Crippen LogP contribution in [0.5, 0.6) is 0 Å². The number of hydrogen-bond acceptors (Lipinski definition) is 4. The van der Waals surface area contributed by atoms with Crippen molar-refractivity contribution in [3.63, 3.8) is 0 Å². The van der Waals surface area contributed by atoms with Gasteiger partial charge in [-0.05, 0) is 12.5 Å². The summed E-state index contributed by atoms with van der Waals surface area (Å²) >= 11 is 0. The van der Waals surface area contributed by atoms with E-state index in [9.17, 15) is 17.4 Å². The molecule has 0 fully saturated rings. The number of carbonyl (C=O) groups is 1. The van der Waals surface area contributed by atoms with Crippen molar-refractivity contribution in [1.82, 2.24) is 9.29 Å². The molecule has 0 aliphatic rings. The molecule has 0 bridgehead atoms. The second-order valence-electron chi connectivity index (χ2n) is 4.39. The first-order valence-corrected chi connectivity index (χ1v) is 9.57. The molecular formula is C12H20N2O5S2. The number of rotatable bonds is 9. The molecule has 0 radical (unpaired) electrons. The fourth-order valence-electron chi connectivity index (χ4n) is 1.75. The topological polar surface area (TPSA) is 105 Å².